The van der Waals surface area contributed by atoms with Crippen LogP contribution in [0.2, 0.25) is 0 Å². The molecule has 2 aromatic rings. The van der Waals surface area contributed by atoms with E-state index in [-0.39, 0.29) is 0 Å². The van der Waals surface area contributed by atoms with E-state index in [9.17, 15) is 0 Å². The highest BCUT2D eigenvalue weighted by Gasteiger charge is 2.02. The summed E-state index contributed by atoms with van der Waals surface area (Å²) in [6.07, 6.45) is 3.33. The van der Waals surface area contributed by atoms with E-state index in [1.165, 1.54) is 14.2 Å². The molecule has 0 aliphatic rings. The lowest BCUT2D eigenvalue weighted by atomic mass is 10.4. The van der Waals surface area contributed by atoms with Crippen LogP contribution in [0.5, 0.6) is 0 Å². The Hall–Kier alpha value is -0.780. The zero-order valence-electron chi connectivity index (χ0n) is 8.90. The van der Waals surface area contributed by atoms with Crippen LogP contribution < -0.4 is 5.32 Å². The molecule has 0 spiro atoms. The van der Waals surface area contributed by atoms with Crippen LogP contribution in [0.4, 0.5) is 0 Å². The third-order valence-corrected chi connectivity index (χ3v) is 4.29. The van der Waals surface area contributed by atoms with Gasteiger partial charge in [-0.2, -0.15) is 0 Å². The van der Waals surface area contributed by atoms with Gasteiger partial charge in [0.2, 0.25) is 0 Å². The molecule has 0 saturated carbocycles. The van der Waals surface area contributed by atoms with Gasteiger partial charge in [-0.25, -0.2) is 9.97 Å². The molecule has 0 aliphatic heterocycles. The summed E-state index contributed by atoms with van der Waals surface area (Å²) in [5.74, 6) is 0. The molecule has 2 aromatic heterocycles. The number of nitrogens with zero attached hydrogens (tertiary/aromatic N) is 2. The van der Waals surface area contributed by atoms with Crippen molar-refractivity contribution in [1.29, 1.82) is 0 Å². The summed E-state index contributed by atoms with van der Waals surface area (Å²) < 4.78 is 1.19. The van der Waals surface area contributed by atoms with Crippen molar-refractivity contribution in [3.05, 3.63) is 44.6 Å². The largest absolute Gasteiger partial charge is 0.306 e. The quantitative estimate of drug-likeness (QED) is 0.943. The maximum Gasteiger partial charge on any atom is 0.115 e. The normalized spacial score (nSPS) is 10.6. The van der Waals surface area contributed by atoms with Crippen LogP contribution in [0.15, 0.2) is 29.1 Å². The van der Waals surface area contributed by atoms with Crippen molar-refractivity contribution < 1.29 is 0 Å². The fraction of sp³-hybridized carbons (Fsp3) is 0.273. The monoisotopic (exact) mass is 297 g/mol. The van der Waals surface area contributed by atoms with E-state index in [1.807, 2.05) is 17.4 Å². The molecule has 0 atom stereocenters. The van der Waals surface area contributed by atoms with Gasteiger partial charge >= 0.3 is 0 Å². The summed E-state index contributed by atoms with van der Waals surface area (Å²) in [4.78, 5) is 10.7. The van der Waals surface area contributed by atoms with Crippen LogP contribution in [0.1, 0.15) is 15.4 Å². The average Bonchev–Trinajstić information content (AvgIpc) is 2.60. The second-order valence-electron chi connectivity index (χ2n) is 3.42. The van der Waals surface area contributed by atoms with Crippen molar-refractivity contribution in [2.24, 2.45) is 0 Å². The molecule has 84 valence electrons. The second kappa shape index (κ2) is 5.52. The Kier molecular flexibility index (Phi) is 4.04. The molecule has 3 nitrogen and oxygen atoms in total. The lowest BCUT2D eigenvalue weighted by Crippen LogP contribution is -2.12. The van der Waals surface area contributed by atoms with Gasteiger partial charge in [0.05, 0.1) is 5.69 Å². The van der Waals surface area contributed by atoms with Crippen molar-refractivity contribution in [3.63, 3.8) is 0 Å². The minimum Gasteiger partial charge on any atom is -0.306 e. The number of rotatable bonds is 4. The highest BCUT2D eigenvalue weighted by atomic mass is 79.9. The Morgan fingerprint density at radius 1 is 1.44 bits per heavy atom. The van der Waals surface area contributed by atoms with Crippen LogP contribution in [0.25, 0.3) is 0 Å². The van der Waals surface area contributed by atoms with Gasteiger partial charge in [-0.3, -0.25) is 0 Å². The molecular formula is C11H12BrN3S. The van der Waals surface area contributed by atoms with Gasteiger partial charge in [0.15, 0.2) is 0 Å². The third kappa shape index (κ3) is 3.10. The second-order valence-corrected chi connectivity index (χ2v) is 5.62. The fourth-order valence-electron chi connectivity index (χ4n) is 1.34. The molecule has 0 unspecified atom stereocenters. The lowest BCUT2D eigenvalue weighted by molar-refractivity contribution is 0.684. The van der Waals surface area contributed by atoms with Crippen LogP contribution >= 0.6 is 27.3 Å². The summed E-state index contributed by atoms with van der Waals surface area (Å²) in [5.41, 5.74) is 1.02. The molecule has 0 saturated heterocycles. The molecule has 1 N–H and O–H groups in total. The molecule has 0 aromatic carbocycles. The van der Waals surface area contributed by atoms with Gasteiger partial charge in [-0.05, 0) is 35.0 Å². The zero-order valence-corrected chi connectivity index (χ0v) is 11.3. The topological polar surface area (TPSA) is 37.8 Å². The Bertz CT molecular complexity index is 436. The predicted octanol–water partition coefficient (Wildman–Crippen LogP) is 2.90. The van der Waals surface area contributed by atoms with Gasteiger partial charge in [-0.15, -0.1) is 11.3 Å². The van der Waals surface area contributed by atoms with Crippen LogP contribution in [-0.2, 0) is 13.1 Å². The number of hydrogen-bond acceptors (Lipinski definition) is 4. The van der Waals surface area contributed by atoms with Gasteiger partial charge in [0.25, 0.3) is 0 Å². The highest BCUT2D eigenvalue weighted by molar-refractivity contribution is 9.10. The van der Waals surface area contributed by atoms with Crippen molar-refractivity contribution in [2.75, 3.05) is 0 Å². The van der Waals surface area contributed by atoms with E-state index in [0.29, 0.717) is 0 Å². The number of nitrogens with one attached hydrogen (secondary N) is 1. The Balaban J connectivity index is 1.84. The van der Waals surface area contributed by atoms with Crippen LogP contribution in [-0.4, -0.2) is 9.97 Å². The van der Waals surface area contributed by atoms with Crippen molar-refractivity contribution in [3.8, 4) is 0 Å². The van der Waals surface area contributed by atoms with Crippen molar-refractivity contribution in [1.82, 2.24) is 15.3 Å². The Labute approximate surface area is 107 Å². The van der Waals surface area contributed by atoms with E-state index in [0.717, 1.165) is 18.8 Å². The number of aryl methyl sites for hydroxylation is 1. The smallest absolute Gasteiger partial charge is 0.115 e. The van der Waals surface area contributed by atoms with Crippen molar-refractivity contribution in [2.45, 2.75) is 20.0 Å². The summed E-state index contributed by atoms with van der Waals surface area (Å²) in [6, 6.07) is 4.08. The first-order valence-electron chi connectivity index (χ1n) is 4.96. The molecule has 16 heavy (non-hydrogen) atoms. The van der Waals surface area contributed by atoms with Crippen molar-refractivity contribution >= 4 is 27.3 Å². The first-order chi connectivity index (χ1) is 7.75. The van der Waals surface area contributed by atoms with E-state index in [2.05, 4.69) is 44.2 Å². The third-order valence-electron chi connectivity index (χ3n) is 2.16. The molecule has 0 fully saturated rings. The summed E-state index contributed by atoms with van der Waals surface area (Å²) >= 11 is 5.32. The molecule has 2 heterocycles. The molecule has 0 radical (unpaired) electrons. The van der Waals surface area contributed by atoms with Gasteiger partial charge in [-0.1, -0.05) is 0 Å². The number of hydrogen-bond donors (Lipinski definition) is 1. The molecular weight excluding hydrogens is 286 g/mol. The highest BCUT2D eigenvalue weighted by Crippen LogP contribution is 2.26. The SMILES string of the molecule is Cc1sc(CNCc2ccncn2)cc1Br. The van der Waals surface area contributed by atoms with Gasteiger partial charge in [0, 0.05) is 33.5 Å². The number of thiophene rings is 1. The Morgan fingerprint density at radius 3 is 2.94 bits per heavy atom. The summed E-state index contributed by atoms with van der Waals surface area (Å²) in [5, 5.41) is 3.36. The maximum atomic E-state index is 4.15. The molecule has 0 amide bonds. The predicted molar refractivity (Wildman–Crippen MR) is 69.3 cm³/mol. The molecule has 0 aliphatic carbocycles. The molecule has 2 rings (SSSR count). The maximum absolute atomic E-state index is 4.15. The van der Waals surface area contributed by atoms with Crippen LogP contribution in [0.3, 0.4) is 0 Å². The number of halogens is 1. The number of aromatic nitrogens is 2. The van der Waals surface area contributed by atoms with Gasteiger partial charge in [0.1, 0.15) is 6.33 Å². The first kappa shape index (κ1) is 11.7. The average molecular weight is 298 g/mol. The lowest BCUT2D eigenvalue weighted by Gasteiger charge is -2.01. The van der Waals surface area contributed by atoms with E-state index >= 15 is 0 Å². The van der Waals surface area contributed by atoms with Gasteiger partial charge < -0.3 is 5.32 Å². The standard InChI is InChI=1S/C11H12BrN3S/c1-8-11(12)4-10(16-8)6-14-5-9-2-3-13-7-15-9/h2-4,7,14H,5-6H2,1H3. The zero-order chi connectivity index (χ0) is 11.4. The summed E-state index contributed by atoms with van der Waals surface area (Å²) in [7, 11) is 0. The fourth-order valence-corrected chi connectivity index (χ4v) is 2.91. The minimum absolute atomic E-state index is 0.775. The van der Waals surface area contributed by atoms with Crippen LogP contribution in [0, 0.1) is 6.92 Å². The van der Waals surface area contributed by atoms with E-state index in [4.69, 9.17) is 0 Å². The molecule has 0 bridgehead atoms. The minimum atomic E-state index is 0.775. The van der Waals surface area contributed by atoms with E-state index < -0.39 is 0 Å². The Morgan fingerprint density at radius 2 is 2.31 bits per heavy atom. The molecule has 5 heteroatoms. The summed E-state index contributed by atoms with van der Waals surface area (Å²) in [6.45, 7) is 3.76. The van der Waals surface area contributed by atoms with E-state index in [1.54, 1.807) is 12.5 Å². The first-order valence-corrected chi connectivity index (χ1v) is 6.57.